The number of aliphatic hydroxyl groups excluding tert-OH is 1. The van der Waals surface area contributed by atoms with Crippen LogP contribution in [0.2, 0.25) is 0 Å². The van der Waals surface area contributed by atoms with E-state index in [1.807, 2.05) is 12.1 Å². The Kier molecular flexibility index (Phi) is 7.89. The lowest BCUT2D eigenvalue weighted by Crippen LogP contribution is -2.21. The molecule has 3 nitrogen and oxygen atoms in total. The molecule has 0 heterocycles. The van der Waals surface area contributed by atoms with Crippen molar-refractivity contribution >= 4 is 0 Å². The molecule has 0 aliphatic heterocycles. The normalized spacial score (nSPS) is 10.6. The Bertz CT molecular complexity index is 486. The van der Waals surface area contributed by atoms with Gasteiger partial charge in [-0.25, -0.2) is 0 Å². The van der Waals surface area contributed by atoms with Gasteiger partial charge in [0.1, 0.15) is 5.75 Å². The van der Waals surface area contributed by atoms with Crippen molar-refractivity contribution in [3.05, 3.63) is 29.3 Å². The first-order valence-electron chi connectivity index (χ1n) is 7.52. The molecule has 0 amide bonds. The molecule has 0 saturated heterocycles. The number of nitrogens with zero attached hydrogens (tertiary/aromatic N) is 1. The molecule has 1 rings (SSSR count). The molecular formula is C18H27NO2. The van der Waals surface area contributed by atoms with Crippen LogP contribution in [0.25, 0.3) is 0 Å². The number of benzene rings is 1. The maximum Gasteiger partial charge on any atom is 0.119 e. The molecule has 116 valence electrons. The molecule has 0 radical (unpaired) electrons. The number of aliphatic hydroxyl groups is 1. The fraction of sp³-hybridized carbons (Fsp3) is 0.556. The summed E-state index contributed by atoms with van der Waals surface area (Å²) in [6.07, 6.45) is 1.70. The quantitative estimate of drug-likeness (QED) is 0.783. The van der Waals surface area contributed by atoms with E-state index in [1.165, 1.54) is 12.0 Å². The Hall–Kier alpha value is -1.50. The average Bonchev–Trinajstić information content (AvgIpc) is 2.46. The third-order valence-corrected chi connectivity index (χ3v) is 3.30. The molecule has 0 bridgehead atoms. The van der Waals surface area contributed by atoms with Gasteiger partial charge < -0.3 is 14.7 Å². The van der Waals surface area contributed by atoms with Crippen LogP contribution >= 0.6 is 0 Å². The molecule has 0 spiro atoms. The molecule has 0 aliphatic rings. The summed E-state index contributed by atoms with van der Waals surface area (Å²) in [4.78, 5) is 2.31. The highest BCUT2D eigenvalue weighted by Crippen LogP contribution is 2.19. The Balaban J connectivity index is 2.83. The molecule has 1 aromatic carbocycles. The predicted octanol–water partition coefficient (Wildman–Crippen LogP) is 2.91. The molecular weight excluding hydrogens is 262 g/mol. The number of hydrogen-bond donors (Lipinski definition) is 1. The van der Waals surface area contributed by atoms with Crippen molar-refractivity contribution < 1.29 is 9.84 Å². The second-order valence-electron chi connectivity index (χ2n) is 5.72. The SMILES string of the molecule is COc1ccc(C#CCCO)c(CN(C)CCC(C)C)c1. The topological polar surface area (TPSA) is 32.7 Å². The smallest absolute Gasteiger partial charge is 0.119 e. The first-order valence-corrected chi connectivity index (χ1v) is 7.52. The van der Waals surface area contributed by atoms with E-state index >= 15 is 0 Å². The van der Waals surface area contributed by atoms with Crippen LogP contribution in [0.3, 0.4) is 0 Å². The summed E-state index contributed by atoms with van der Waals surface area (Å²) in [6, 6.07) is 5.98. The fourth-order valence-corrected chi connectivity index (χ4v) is 2.01. The van der Waals surface area contributed by atoms with Crippen LogP contribution in [0, 0.1) is 17.8 Å². The fourth-order valence-electron chi connectivity index (χ4n) is 2.01. The zero-order valence-electron chi connectivity index (χ0n) is 13.6. The van der Waals surface area contributed by atoms with Gasteiger partial charge in [0.2, 0.25) is 0 Å². The lowest BCUT2D eigenvalue weighted by Gasteiger charge is -2.19. The molecule has 3 heteroatoms. The van der Waals surface area contributed by atoms with Gasteiger partial charge in [-0.3, -0.25) is 0 Å². The summed E-state index contributed by atoms with van der Waals surface area (Å²) in [5.41, 5.74) is 2.19. The summed E-state index contributed by atoms with van der Waals surface area (Å²) in [6.45, 7) is 6.51. The molecule has 0 atom stereocenters. The number of hydrogen-bond acceptors (Lipinski definition) is 3. The van der Waals surface area contributed by atoms with Crippen molar-refractivity contribution in [3.8, 4) is 17.6 Å². The molecule has 0 saturated carbocycles. The largest absolute Gasteiger partial charge is 0.497 e. The predicted molar refractivity (Wildman–Crippen MR) is 87.4 cm³/mol. The zero-order chi connectivity index (χ0) is 15.7. The lowest BCUT2D eigenvalue weighted by atomic mass is 10.1. The summed E-state index contributed by atoms with van der Waals surface area (Å²) < 4.78 is 5.31. The highest BCUT2D eigenvalue weighted by atomic mass is 16.5. The van der Waals surface area contributed by atoms with Gasteiger partial charge in [0.05, 0.1) is 13.7 Å². The lowest BCUT2D eigenvalue weighted by molar-refractivity contribution is 0.302. The maximum absolute atomic E-state index is 8.83. The molecule has 1 aromatic rings. The Morgan fingerprint density at radius 1 is 1.33 bits per heavy atom. The van der Waals surface area contributed by atoms with E-state index in [0.29, 0.717) is 12.3 Å². The molecule has 0 aliphatic carbocycles. The van der Waals surface area contributed by atoms with Crippen molar-refractivity contribution in [2.45, 2.75) is 33.2 Å². The zero-order valence-corrected chi connectivity index (χ0v) is 13.6. The third kappa shape index (κ3) is 6.66. The van der Waals surface area contributed by atoms with Crippen molar-refractivity contribution in [3.63, 3.8) is 0 Å². The number of methoxy groups -OCH3 is 1. The van der Waals surface area contributed by atoms with Gasteiger partial charge in [0, 0.05) is 18.5 Å². The number of rotatable bonds is 7. The Morgan fingerprint density at radius 2 is 2.10 bits per heavy atom. The first-order chi connectivity index (χ1) is 10.1. The van der Waals surface area contributed by atoms with E-state index in [9.17, 15) is 0 Å². The van der Waals surface area contributed by atoms with E-state index in [2.05, 4.69) is 43.7 Å². The Labute approximate surface area is 128 Å². The van der Waals surface area contributed by atoms with E-state index in [-0.39, 0.29) is 6.61 Å². The van der Waals surface area contributed by atoms with Crippen LogP contribution in [0.5, 0.6) is 5.75 Å². The van der Waals surface area contributed by atoms with Gasteiger partial charge in [0.15, 0.2) is 0 Å². The Morgan fingerprint density at radius 3 is 2.71 bits per heavy atom. The van der Waals surface area contributed by atoms with Gasteiger partial charge in [-0.1, -0.05) is 25.7 Å². The van der Waals surface area contributed by atoms with Gasteiger partial charge in [0.25, 0.3) is 0 Å². The van der Waals surface area contributed by atoms with E-state index in [4.69, 9.17) is 9.84 Å². The molecule has 1 N–H and O–H groups in total. The second-order valence-corrected chi connectivity index (χ2v) is 5.72. The highest BCUT2D eigenvalue weighted by Gasteiger charge is 2.07. The summed E-state index contributed by atoms with van der Waals surface area (Å²) in [5.74, 6) is 7.70. The summed E-state index contributed by atoms with van der Waals surface area (Å²) >= 11 is 0. The van der Waals surface area contributed by atoms with Gasteiger partial charge >= 0.3 is 0 Å². The van der Waals surface area contributed by atoms with E-state index in [1.54, 1.807) is 7.11 Å². The molecule has 0 fully saturated rings. The molecule has 21 heavy (non-hydrogen) atoms. The van der Waals surface area contributed by atoms with Gasteiger partial charge in [-0.15, -0.1) is 0 Å². The minimum Gasteiger partial charge on any atom is -0.497 e. The van der Waals surface area contributed by atoms with Crippen molar-refractivity contribution in [1.29, 1.82) is 0 Å². The minimum absolute atomic E-state index is 0.104. The minimum atomic E-state index is 0.104. The van der Waals surface area contributed by atoms with E-state index in [0.717, 1.165) is 24.4 Å². The van der Waals surface area contributed by atoms with Crippen molar-refractivity contribution in [1.82, 2.24) is 4.90 Å². The van der Waals surface area contributed by atoms with Crippen LogP contribution < -0.4 is 4.74 Å². The van der Waals surface area contributed by atoms with E-state index < -0.39 is 0 Å². The summed E-state index contributed by atoms with van der Waals surface area (Å²) in [5, 5.41) is 8.83. The first kappa shape index (κ1) is 17.6. The maximum atomic E-state index is 8.83. The van der Waals surface area contributed by atoms with Crippen LogP contribution in [-0.2, 0) is 6.54 Å². The summed E-state index contributed by atoms with van der Waals surface area (Å²) in [7, 11) is 3.81. The highest BCUT2D eigenvalue weighted by molar-refractivity contribution is 5.45. The average molecular weight is 289 g/mol. The monoisotopic (exact) mass is 289 g/mol. The van der Waals surface area contributed by atoms with Gasteiger partial charge in [-0.05, 0) is 49.7 Å². The van der Waals surface area contributed by atoms with Crippen LogP contribution in [-0.4, -0.2) is 37.3 Å². The van der Waals surface area contributed by atoms with Crippen LogP contribution in [0.1, 0.15) is 37.8 Å². The van der Waals surface area contributed by atoms with Crippen molar-refractivity contribution in [2.24, 2.45) is 5.92 Å². The van der Waals surface area contributed by atoms with Crippen LogP contribution in [0.4, 0.5) is 0 Å². The number of ether oxygens (including phenoxy) is 1. The molecule has 0 unspecified atom stereocenters. The molecule has 0 aromatic heterocycles. The third-order valence-electron chi connectivity index (χ3n) is 3.30. The van der Waals surface area contributed by atoms with Crippen LogP contribution in [0.15, 0.2) is 18.2 Å². The van der Waals surface area contributed by atoms with Crippen molar-refractivity contribution in [2.75, 3.05) is 27.3 Å². The second kappa shape index (κ2) is 9.44. The van der Waals surface area contributed by atoms with Gasteiger partial charge in [-0.2, -0.15) is 0 Å². The standard InChI is InChI=1S/C18H27NO2/c1-15(2)10-11-19(3)14-17-13-18(21-4)9-8-16(17)7-5-6-12-20/h8-9,13,15,20H,6,10-12,14H2,1-4H3.